The molecular weight excluding hydrogens is 362 g/mol. The summed E-state index contributed by atoms with van der Waals surface area (Å²) in [6.07, 6.45) is 3.77. The van der Waals surface area contributed by atoms with Gasteiger partial charge in [-0.05, 0) is 42.4 Å². The van der Waals surface area contributed by atoms with E-state index in [9.17, 15) is 14.4 Å². The lowest BCUT2D eigenvalue weighted by Crippen LogP contribution is -2.32. The highest BCUT2D eigenvalue weighted by Crippen LogP contribution is 2.65. The molecule has 2 fully saturated rings. The van der Waals surface area contributed by atoms with E-state index in [2.05, 4.69) is 26.1 Å². The van der Waals surface area contributed by atoms with Crippen LogP contribution in [0.1, 0.15) is 65.5 Å². The number of benzene rings is 2. The van der Waals surface area contributed by atoms with E-state index in [1.54, 1.807) is 42.5 Å². The van der Waals surface area contributed by atoms with Gasteiger partial charge >= 0.3 is 0 Å². The van der Waals surface area contributed by atoms with Crippen molar-refractivity contribution >= 4 is 23.0 Å². The second-order valence-electron chi connectivity index (χ2n) is 9.18. The number of Topliss-reactive ketones (excluding diaryl/α,β-unsaturated/α-hetero) is 1. The topological polar surface area (TPSA) is 63.2 Å². The largest absolute Gasteiger partial charge is 0.361 e. The molecule has 0 radical (unpaired) electrons. The van der Waals surface area contributed by atoms with Crippen molar-refractivity contribution in [3.05, 3.63) is 76.5 Å². The van der Waals surface area contributed by atoms with Gasteiger partial charge in [0.1, 0.15) is 0 Å². The van der Waals surface area contributed by atoms with Crippen LogP contribution in [0.4, 0.5) is 5.69 Å². The Morgan fingerprint density at radius 3 is 2.14 bits per heavy atom. The molecule has 0 heterocycles. The molecule has 0 spiro atoms. The van der Waals surface area contributed by atoms with Gasteiger partial charge in [-0.2, -0.15) is 0 Å². The molecule has 2 aromatic carbocycles. The molecule has 0 unspecified atom stereocenters. The van der Waals surface area contributed by atoms with Crippen LogP contribution in [0.15, 0.2) is 54.2 Å². The minimum absolute atomic E-state index is 0.0421. The predicted molar refractivity (Wildman–Crippen MR) is 111 cm³/mol. The van der Waals surface area contributed by atoms with Crippen LogP contribution in [-0.4, -0.2) is 17.3 Å². The maximum atomic E-state index is 13.0. The van der Waals surface area contributed by atoms with Gasteiger partial charge < -0.3 is 5.32 Å². The number of ketones is 3. The van der Waals surface area contributed by atoms with Crippen LogP contribution in [0, 0.1) is 16.7 Å². The molecule has 3 aliphatic carbocycles. The molecule has 0 aromatic heterocycles. The lowest BCUT2D eigenvalue weighted by Gasteiger charge is -2.31. The molecule has 29 heavy (non-hydrogen) atoms. The number of nitrogens with one attached hydrogen (secondary N) is 1. The summed E-state index contributed by atoms with van der Waals surface area (Å²) >= 11 is 0. The third kappa shape index (κ3) is 2.23. The average Bonchev–Trinajstić information content (AvgIpc) is 3.03. The van der Waals surface area contributed by atoms with E-state index in [1.807, 2.05) is 6.20 Å². The van der Waals surface area contributed by atoms with Gasteiger partial charge in [0.2, 0.25) is 0 Å². The zero-order valence-corrected chi connectivity index (χ0v) is 16.8. The molecule has 0 aliphatic heterocycles. The molecule has 3 aliphatic rings. The van der Waals surface area contributed by atoms with Gasteiger partial charge in [0.25, 0.3) is 0 Å². The van der Waals surface area contributed by atoms with Gasteiger partial charge in [0, 0.05) is 45.1 Å². The van der Waals surface area contributed by atoms with Gasteiger partial charge in [0.15, 0.2) is 17.3 Å². The fraction of sp³-hybridized carbons (Fsp3) is 0.320. The van der Waals surface area contributed by atoms with E-state index in [1.165, 1.54) is 0 Å². The number of carbonyl (C=O) groups is 3. The van der Waals surface area contributed by atoms with Crippen molar-refractivity contribution in [1.82, 2.24) is 0 Å². The summed E-state index contributed by atoms with van der Waals surface area (Å²) in [5.41, 5.74) is 2.94. The lowest BCUT2D eigenvalue weighted by molar-refractivity contribution is -0.125. The number of rotatable bonds is 2. The molecule has 2 saturated carbocycles. The molecule has 1 N–H and O–H groups in total. The summed E-state index contributed by atoms with van der Waals surface area (Å²) in [6, 6.07) is 12.1. The van der Waals surface area contributed by atoms with Gasteiger partial charge in [-0.15, -0.1) is 0 Å². The van der Waals surface area contributed by atoms with Gasteiger partial charge in [-0.3, -0.25) is 14.4 Å². The zero-order valence-electron chi connectivity index (χ0n) is 16.8. The Bertz CT molecular complexity index is 1140. The minimum atomic E-state index is -0.298. The summed E-state index contributed by atoms with van der Waals surface area (Å²) in [4.78, 5) is 38.6. The first-order valence-corrected chi connectivity index (χ1v) is 10.1. The second-order valence-corrected chi connectivity index (χ2v) is 9.18. The normalized spacial score (nSPS) is 27.9. The first kappa shape index (κ1) is 18.0. The average molecular weight is 385 g/mol. The molecule has 2 atom stereocenters. The third-order valence-corrected chi connectivity index (χ3v) is 7.68. The first-order valence-electron chi connectivity index (χ1n) is 10.1. The Morgan fingerprint density at radius 1 is 0.897 bits per heavy atom. The number of anilines is 1. The first-order chi connectivity index (χ1) is 13.8. The van der Waals surface area contributed by atoms with Crippen molar-refractivity contribution < 1.29 is 14.4 Å². The molecule has 0 saturated heterocycles. The SMILES string of the molecule is CC1(C)[C@H]2CC[C@@]1(C)C(=O)/C2=C\Nc1ccc2c(c1)C(=O)c1ccccc1C2=O. The summed E-state index contributed by atoms with van der Waals surface area (Å²) in [5, 5.41) is 3.22. The molecule has 0 amide bonds. The fourth-order valence-electron chi connectivity index (χ4n) is 5.44. The number of fused-ring (bicyclic) bond motifs is 4. The van der Waals surface area contributed by atoms with E-state index in [0.29, 0.717) is 27.9 Å². The van der Waals surface area contributed by atoms with Crippen LogP contribution in [-0.2, 0) is 4.79 Å². The standard InChI is InChI=1S/C25H23NO3/c1-24(2)20-10-11-25(24,3)23(29)19(20)13-26-14-8-9-17-18(12-14)22(28)16-7-5-4-6-15(16)21(17)27/h4-9,12-13,20,26H,10-11H2,1-3H3/b19-13-/t20-,25-/m0/s1. The highest BCUT2D eigenvalue weighted by molar-refractivity contribution is 6.28. The highest BCUT2D eigenvalue weighted by atomic mass is 16.1. The van der Waals surface area contributed by atoms with Gasteiger partial charge in [-0.25, -0.2) is 0 Å². The van der Waals surface area contributed by atoms with E-state index in [-0.39, 0.29) is 34.1 Å². The van der Waals surface area contributed by atoms with Crippen molar-refractivity contribution in [3.8, 4) is 0 Å². The molecule has 146 valence electrons. The molecule has 2 aromatic rings. The highest BCUT2D eigenvalue weighted by Gasteiger charge is 2.63. The summed E-state index contributed by atoms with van der Waals surface area (Å²) in [5.74, 6) is 0.207. The molecule has 5 rings (SSSR count). The van der Waals surface area contributed by atoms with Crippen LogP contribution in [0.25, 0.3) is 0 Å². The van der Waals surface area contributed by atoms with Gasteiger partial charge in [-0.1, -0.05) is 45.0 Å². The molecule has 2 bridgehead atoms. The minimum Gasteiger partial charge on any atom is -0.361 e. The van der Waals surface area contributed by atoms with Crippen molar-refractivity contribution in [2.75, 3.05) is 5.32 Å². The summed E-state index contributed by atoms with van der Waals surface area (Å²) < 4.78 is 0. The monoisotopic (exact) mass is 385 g/mol. The number of hydrogen-bond donors (Lipinski definition) is 1. The van der Waals surface area contributed by atoms with Gasteiger partial charge in [0.05, 0.1) is 0 Å². The number of carbonyl (C=O) groups excluding carboxylic acids is 3. The third-order valence-electron chi connectivity index (χ3n) is 7.68. The lowest BCUT2D eigenvalue weighted by atomic mass is 9.70. The number of hydrogen-bond acceptors (Lipinski definition) is 4. The summed E-state index contributed by atoms with van der Waals surface area (Å²) in [7, 11) is 0. The second kappa shape index (κ2) is 5.76. The molecular formula is C25H23NO3. The van der Waals surface area contributed by atoms with Crippen LogP contribution < -0.4 is 5.32 Å². The Morgan fingerprint density at radius 2 is 1.52 bits per heavy atom. The van der Waals surface area contributed by atoms with Crippen LogP contribution in [0.2, 0.25) is 0 Å². The maximum absolute atomic E-state index is 13.0. The Labute approximate surface area is 170 Å². The van der Waals surface area contributed by atoms with E-state index in [4.69, 9.17) is 0 Å². The van der Waals surface area contributed by atoms with Crippen molar-refractivity contribution in [2.24, 2.45) is 16.7 Å². The fourth-order valence-corrected chi connectivity index (χ4v) is 5.44. The van der Waals surface area contributed by atoms with E-state index < -0.39 is 0 Å². The maximum Gasteiger partial charge on any atom is 0.194 e. The Kier molecular flexibility index (Phi) is 3.58. The Hall–Kier alpha value is -3.01. The van der Waals surface area contributed by atoms with Crippen molar-refractivity contribution in [2.45, 2.75) is 33.6 Å². The molecule has 4 heteroatoms. The van der Waals surface area contributed by atoms with Crippen LogP contribution >= 0.6 is 0 Å². The number of allylic oxidation sites excluding steroid dienone is 1. The van der Waals surface area contributed by atoms with Crippen molar-refractivity contribution in [3.63, 3.8) is 0 Å². The smallest absolute Gasteiger partial charge is 0.194 e. The molecule has 4 nitrogen and oxygen atoms in total. The predicted octanol–water partition coefficient (Wildman–Crippen LogP) is 4.78. The van der Waals surface area contributed by atoms with E-state index >= 15 is 0 Å². The van der Waals surface area contributed by atoms with E-state index in [0.717, 1.165) is 18.4 Å². The quantitative estimate of drug-likeness (QED) is 0.645. The van der Waals surface area contributed by atoms with Crippen molar-refractivity contribution in [1.29, 1.82) is 0 Å². The Balaban J connectivity index is 1.48. The zero-order chi connectivity index (χ0) is 20.6. The van der Waals surface area contributed by atoms with Crippen LogP contribution in [0.5, 0.6) is 0 Å². The summed E-state index contributed by atoms with van der Waals surface area (Å²) in [6.45, 7) is 6.45. The van der Waals surface area contributed by atoms with Crippen LogP contribution in [0.3, 0.4) is 0 Å².